The third-order valence-corrected chi connectivity index (χ3v) is 6.11. The molecule has 0 aliphatic heterocycles. The Morgan fingerprint density at radius 2 is 1.91 bits per heavy atom. The first-order chi connectivity index (χ1) is 15.9. The molecule has 0 atom stereocenters. The molecule has 174 valence electrons. The van der Waals surface area contributed by atoms with E-state index in [4.69, 9.17) is 9.47 Å². The number of H-pyrrole nitrogens is 1. The van der Waals surface area contributed by atoms with Crippen LogP contribution < -0.4 is 20.3 Å². The van der Waals surface area contributed by atoms with Gasteiger partial charge in [0.2, 0.25) is 5.91 Å². The number of nitrogens with one attached hydrogen (secondary N) is 2. The topological polar surface area (TPSA) is 109 Å². The number of fused-ring (bicyclic) bond motifs is 1. The average Bonchev–Trinajstić information content (AvgIpc) is 2.83. The molecule has 1 aliphatic rings. The van der Waals surface area contributed by atoms with Gasteiger partial charge in [0.25, 0.3) is 5.56 Å². The number of carbonyl (C=O) groups excluding carboxylic acids is 1. The summed E-state index contributed by atoms with van der Waals surface area (Å²) in [4.78, 5) is 38.9. The summed E-state index contributed by atoms with van der Waals surface area (Å²) < 4.78 is 10.7. The number of methoxy groups -OCH3 is 2. The van der Waals surface area contributed by atoms with Crippen LogP contribution in [0.4, 0.5) is 5.69 Å². The van der Waals surface area contributed by atoms with Crippen LogP contribution in [0.1, 0.15) is 25.7 Å². The van der Waals surface area contributed by atoms with Crippen molar-refractivity contribution >= 4 is 22.5 Å². The van der Waals surface area contributed by atoms with E-state index in [1.54, 1.807) is 44.4 Å². The minimum atomic E-state index is -0.311. The van der Waals surface area contributed by atoms with Crippen molar-refractivity contribution in [1.29, 1.82) is 0 Å². The molecule has 0 unspecified atom stereocenters. The lowest BCUT2D eigenvalue weighted by molar-refractivity contribution is -0.133. The second-order valence-corrected chi connectivity index (χ2v) is 8.46. The first kappa shape index (κ1) is 22.6. The molecule has 1 fully saturated rings. The molecule has 1 saturated carbocycles. The molecule has 0 saturated heterocycles. The molecule has 1 aliphatic carbocycles. The highest BCUT2D eigenvalue weighted by atomic mass is 16.5. The van der Waals surface area contributed by atoms with Crippen molar-refractivity contribution in [1.82, 2.24) is 19.9 Å². The van der Waals surface area contributed by atoms with E-state index in [1.165, 1.54) is 7.11 Å². The molecule has 2 aromatic heterocycles. The van der Waals surface area contributed by atoms with E-state index in [9.17, 15) is 9.59 Å². The van der Waals surface area contributed by atoms with Gasteiger partial charge in [0.15, 0.2) is 5.82 Å². The molecule has 1 aromatic carbocycles. The zero-order valence-corrected chi connectivity index (χ0v) is 19.3. The van der Waals surface area contributed by atoms with Crippen LogP contribution in [0.2, 0.25) is 0 Å². The van der Waals surface area contributed by atoms with Gasteiger partial charge in [0.1, 0.15) is 22.6 Å². The standard InChI is InChI=1S/C24H29N5O4/c1-29(2)24(31)14-7-9-15(10-8-14)26-17-6-5-11-25-21(17)22-27-18-12-16(32-3)13-19(33-4)20(18)23(30)28-22/h5-6,11-15,26H,7-10H2,1-4H3,(H,27,28,30). The Bertz CT molecular complexity index is 1220. The molecule has 3 aromatic rings. The third-order valence-electron chi connectivity index (χ3n) is 6.11. The van der Waals surface area contributed by atoms with Crippen molar-refractivity contribution in [2.75, 3.05) is 33.6 Å². The Hall–Kier alpha value is -3.62. The zero-order chi connectivity index (χ0) is 23.5. The van der Waals surface area contributed by atoms with E-state index in [0.717, 1.165) is 31.4 Å². The number of benzene rings is 1. The van der Waals surface area contributed by atoms with Gasteiger partial charge in [0, 0.05) is 44.4 Å². The first-order valence-electron chi connectivity index (χ1n) is 11.0. The lowest BCUT2D eigenvalue weighted by atomic mass is 9.85. The number of rotatable bonds is 6. The van der Waals surface area contributed by atoms with E-state index in [-0.39, 0.29) is 23.4 Å². The summed E-state index contributed by atoms with van der Waals surface area (Å²) in [6.07, 6.45) is 5.12. The highest BCUT2D eigenvalue weighted by Gasteiger charge is 2.28. The molecular formula is C24H29N5O4. The molecule has 4 rings (SSSR count). The second-order valence-electron chi connectivity index (χ2n) is 8.46. The maximum absolute atomic E-state index is 12.9. The van der Waals surface area contributed by atoms with Crippen molar-refractivity contribution in [2.45, 2.75) is 31.7 Å². The van der Waals surface area contributed by atoms with E-state index in [2.05, 4.69) is 20.3 Å². The van der Waals surface area contributed by atoms with Crippen LogP contribution in [-0.4, -0.2) is 60.1 Å². The molecule has 2 heterocycles. The van der Waals surface area contributed by atoms with Crippen LogP contribution in [0, 0.1) is 5.92 Å². The van der Waals surface area contributed by atoms with Crippen LogP contribution in [0.15, 0.2) is 35.3 Å². The normalized spacial score (nSPS) is 18.1. The lowest BCUT2D eigenvalue weighted by Gasteiger charge is -2.30. The highest BCUT2D eigenvalue weighted by Crippen LogP contribution is 2.32. The first-order valence-corrected chi connectivity index (χ1v) is 11.0. The number of anilines is 1. The van der Waals surface area contributed by atoms with E-state index < -0.39 is 0 Å². The third kappa shape index (κ3) is 4.62. The smallest absolute Gasteiger partial charge is 0.262 e. The van der Waals surface area contributed by atoms with Crippen LogP contribution in [0.3, 0.4) is 0 Å². The van der Waals surface area contributed by atoms with E-state index in [0.29, 0.717) is 33.9 Å². The Morgan fingerprint density at radius 1 is 1.15 bits per heavy atom. The number of pyridine rings is 1. The summed E-state index contributed by atoms with van der Waals surface area (Å²) >= 11 is 0. The minimum absolute atomic E-state index is 0.0786. The molecule has 9 nitrogen and oxygen atoms in total. The summed E-state index contributed by atoms with van der Waals surface area (Å²) in [7, 11) is 6.66. The maximum atomic E-state index is 12.9. The van der Waals surface area contributed by atoms with Crippen molar-refractivity contribution in [3.05, 3.63) is 40.8 Å². The predicted molar refractivity (Wildman–Crippen MR) is 127 cm³/mol. The van der Waals surface area contributed by atoms with Gasteiger partial charge in [-0.15, -0.1) is 0 Å². The van der Waals surface area contributed by atoms with Gasteiger partial charge in [0.05, 0.1) is 25.4 Å². The van der Waals surface area contributed by atoms with E-state index >= 15 is 0 Å². The van der Waals surface area contributed by atoms with Gasteiger partial charge in [-0.05, 0) is 37.8 Å². The summed E-state index contributed by atoms with van der Waals surface area (Å²) in [6.45, 7) is 0. The molecule has 0 radical (unpaired) electrons. The number of carbonyl (C=O) groups is 1. The number of hydrogen-bond acceptors (Lipinski definition) is 7. The predicted octanol–water partition coefficient (Wildman–Crippen LogP) is 3.06. The molecule has 0 bridgehead atoms. The number of aromatic nitrogens is 3. The Morgan fingerprint density at radius 3 is 2.58 bits per heavy atom. The van der Waals surface area contributed by atoms with Gasteiger partial charge in [-0.2, -0.15) is 0 Å². The molecule has 33 heavy (non-hydrogen) atoms. The number of amides is 1. The fourth-order valence-corrected chi connectivity index (χ4v) is 4.38. The summed E-state index contributed by atoms with van der Waals surface area (Å²) in [5.41, 5.74) is 1.50. The van der Waals surface area contributed by atoms with Crippen LogP contribution in [0.25, 0.3) is 22.4 Å². The Labute approximate surface area is 192 Å². The SMILES string of the molecule is COc1cc(OC)c2c(=O)[nH]c(-c3ncccc3NC3CCC(C(=O)N(C)C)CC3)nc2c1. The number of ether oxygens (including phenoxy) is 2. The fraction of sp³-hybridized carbons (Fsp3) is 0.417. The van der Waals surface area contributed by atoms with Crippen molar-refractivity contribution in [3.63, 3.8) is 0 Å². The van der Waals surface area contributed by atoms with Crippen molar-refractivity contribution < 1.29 is 14.3 Å². The number of hydrogen-bond donors (Lipinski definition) is 2. The summed E-state index contributed by atoms with van der Waals surface area (Å²) in [6, 6.07) is 7.35. The zero-order valence-electron chi connectivity index (χ0n) is 19.3. The Balaban J connectivity index is 1.63. The van der Waals surface area contributed by atoms with Crippen molar-refractivity contribution in [3.8, 4) is 23.0 Å². The van der Waals surface area contributed by atoms with Crippen LogP contribution in [0.5, 0.6) is 11.5 Å². The van der Waals surface area contributed by atoms with Gasteiger partial charge < -0.3 is 24.7 Å². The average molecular weight is 452 g/mol. The van der Waals surface area contributed by atoms with E-state index in [1.807, 2.05) is 12.1 Å². The lowest BCUT2D eigenvalue weighted by Crippen LogP contribution is -2.35. The molecule has 1 amide bonds. The fourth-order valence-electron chi connectivity index (χ4n) is 4.38. The number of aromatic amines is 1. The highest BCUT2D eigenvalue weighted by molar-refractivity contribution is 5.87. The Kier molecular flexibility index (Phi) is 6.48. The molecule has 0 spiro atoms. The van der Waals surface area contributed by atoms with Gasteiger partial charge in [-0.1, -0.05) is 0 Å². The molecule has 2 N–H and O–H groups in total. The van der Waals surface area contributed by atoms with Gasteiger partial charge in [-0.3, -0.25) is 14.6 Å². The number of nitrogens with zero attached hydrogens (tertiary/aromatic N) is 3. The van der Waals surface area contributed by atoms with Gasteiger partial charge in [-0.25, -0.2) is 4.98 Å². The monoisotopic (exact) mass is 451 g/mol. The maximum Gasteiger partial charge on any atom is 0.262 e. The minimum Gasteiger partial charge on any atom is -0.497 e. The summed E-state index contributed by atoms with van der Waals surface area (Å²) in [5, 5.41) is 3.91. The molecule has 9 heteroatoms. The molecular weight excluding hydrogens is 422 g/mol. The van der Waals surface area contributed by atoms with Gasteiger partial charge >= 0.3 is 0 Å². The second kappa shape index (κ2) is 9.48. The van der Waals surface area contributed by atoms with Crippen LogP contribution >= 0.6 is 0 Å². The summed E-state index contributed by atoms with van der Waals surface area (Å²) in [5.74, 6) is 1.58. The van der Waals surface area contributed by atoms with Crippen LogP contribution in [-0.2, 0) is 4.79 Å². The largest absolute Gasteiger partial charge is 0.497 e. The van der Waals surface area contributed by atoms with Crippen molar-refractivity contribution in [2.24, 2.45) is 5.92 Å². The quantitative estimate of drug-likeness (QED) is 0.593.